The van der Waals surface area contributed by atoms with Gasteiger partial charge in [0.15, 0.2) is 5.78 Å². The average molecular weight is 395 g/mol. The van der Waals surface area contributed by atoms with Crippen LogP contribution in [0.25, 0.3) is 0 Å². The highest BCUT2D eigenvalue weighted by atomic mass is 16.2. The Hall–Kier alpha value is -3.73. The minimum absolute atomic E-state index is 0.0799. The lowest BCUT2D eigenvalue weighted by molar-refractivity contribution is -0.116. The van der Waals surface area contributed by atoms with E-state index in [4.69, 9.17) is 0 Å². The zero-order valence-electron chi connectivity index (χ0n) is 16.4. The summed E-state index contributed by atoms with van der Waals surface area (Å²) in [6, 6.07) is 20.2. The van der Waals surface area contributed by atoms with Gasteiger partial charge in [0, 0.05) is 35.6 Å². The van der Waals surface area contributed by atoms with Gasteiger partial charge < -0.3 is 5.32 Å². The molecule has 2 aromatic carbocycles. The SMILES string of the molecule is O=C1CCCC2=C1C(c1cccnc1)N(C(=O)c1ccccc1)c1ccccc1N2. The molecule has 0 bridgehead atoms. The lowest BCUT2D eigenvalue weighted by Gasteiger charge is -2.33. The van der Waals surface area contributed by atoms with Gasteiger partial charge in [0.2, 0.25) is 0 Å². The zero-order valence-corrected chi connectivity index (χ0v) is 16.4. The molecule has 30 heavy (non-hydrogen) atoms. The van der Waals surface area contributed by atoms with Crippen LogP contribution >= 0.6 is 0 Å². The van der Waals surface area contributed by atoms with Gasteiger partial charge in [-0.15, -0.1) is 0 Å². The molecule has 0 fully saturated rings. The molecule has 5 nitrogen and oxygen atoms in total. The minimum atomic E-state index is -0.537. The number of pyridine rings is 1. The predicted octanol–water partition coefficient (Wildman–Crippen LogP) is 4.90. The molecule has 5 heteroatoms. The van der Waals surface area contributed by atoms with E-state index in [1.54, 1.807) is 17.3 Å². The monoisotopic (exact) mass is 395 g/mol. The normalized spacial score (nSPS) is 18.2. The number of benzene rings is 2. The lowest BCUT2D eigenvalue weighted by atomic mass is 9.86. The topological polar surface area (TPSA) is 62.3 Å². The molecule has 0 saturated carbocycles. The second kappa shape index (κ2) is 7.59. The van der Waals surface area contributed by atoms with Gasteiger partial charge in [0.25, 0.3) is 5.91 Å². The quantitative estimate of drug-likeness (QED) is 0.670. The number of ketones is 1. The fourth-order valence-electron chi connectivity index (χ4n) is 4.33. The van der Waals surface area contributed by atoms with Gasteiger partial charge in [0.1, 0.15) is 0 Å². The summed E-state index contributed by atoms with van der Waals surface area (Å²) in [6.07, 6.45) is 5.52. The van der Waals surface area contributed by atoms with Crippen molar-refractivity contribution in [2.45, 2.75) is 25.3 Å². The fraction of sp³-hybridized carbons (Fsp3) is 0.160. The Labute approximate surface area is 175 Å². The molecule has 1 unspecified atom stereocenters. The standard InChI is InChI=1S/C25H21N3O2/c29-22-14-6-12-20-23(22)24(18-10-7-15-26-16-18)28(21-13-5-4-11-19(21)27-20)25(30)17-8-2-1-3-9-17/h1-5,7-11,13,15-16,24,27H,6,12,14H2. The van der Waals surface area contributed by atoms with Crippen molar-refractivity contribution in [3.8, 4) is 0 Å². The first-order chi connectivity index (χ1) is 14.7. The summed E-state index contributed by atoms with van der Waals surface area (Å²) in [4.78, 5) is 33.0. The maximum absolute atomic E-state index is 13.8. The number of allylic oxidation sites excluding steroid dienone is 1. The van der Waals surface area contributed by atoms with Crippen LogP contribution in [0.3, 0.4) is 0 Å². The molecule has 3 aromatic rings. The summed E-state index contributed by atoms with van der Waals surface area (Å²) in [5.74, 6) is -0.0675. The van der Waals surface area contributed by atoms with Crippen molar-refractivity contribution in [2.75, 3.05) is 10.2 Å². The van der Waals surface area contributed by atoms with Crippen molar-refractivity contribution < 1.29 is 9.59 Å². The molecule has 0 radical (unpaired) electrons. The Balaban J connectivity index is 1.78. The number of para-hydroxylation sites is 2. The summed E-state index contributed by atoms with van der Waals surface area (Å²) in [5, 5.41) is 3.47. The maximum atomic E-state index is 13.8. The summed E-state index contributed by atoms with van der Waals surface area (Å²) < 4.78 is 0. The molecule has 0 spiro atoms. The fourth-order valence-corrected chi connectivity index (χ4v) is 4.33. The van der Waals surface area contributed by atoms with E-state index in [2.05, 4.69) is 10.3 Å². The largest absolute Gasteiger partial charge is 0.357 e. The van der Waals surface area contributed by atoms with Crippen LogP contribution < -0.4 is 10.2 Å². The van der Waals surface area contributed by atoms with Crippen LogP contribution in [0, 0.1) is 0 Å². The van der Waals surface area contributed by atoms with Gasteiger partial charge in [-0.3, -0.25) is 19.5 Å². The van der Waals surface area contributed by atoms with E-state index in [0.717, 1.165) is 35.5 Å². The molecule has 5 rings (SSSR count). The number of rotatable bonds is 2. The molecule has 1 N–H and O–H groups in total. The van der Waals surface area contributed by atoms with Crippen molar-refractivity contribution in [2.24, 2.45) is 0 Å². The lowest BCUT2D eigenvalue weighted by Crippen LogP contribution is -2.38. The Morgan fingerprint density at radius 1 is 0.967 bits per heavy atom. The predicted molar refractivity (Wildman–Crippen MR) is 116 cm³/mol. The Morgan fingerprint density at radius 2 is 1.77 bits per heavy atom. The number of anilines is 2. The van der Waals surface area contributed by atoms with Gasteiger partial charge in [0.05, 0.1) is 17.4 Å². The first-order valence-electron chi connectivity index (χ1n) is 10.1. The molecule has 1 atom stereocenters. The van der Waals surface area contributed by atoms with Crippen LogP contribution in [-0.4, -0.2) is 16.7 Å². The molecule has 1 aliphatic carbocycles. The second-order valence-electron chi connectivity index (χ2n) is 7.54. The van der Waals surface area contributed by atoms with Crippen molar-refractivity contribution >= 4 is 23.1 Å². The molecule has 1 amide bonds. The van der Waals surface area contributed by atoms with Gasteiger partial charge in [-0.25, -0.2) is 0 Å². The summed E-state index contributed by atoms with van der Waals surface area (Å²) in [7, 11) is 0. The van der Waals surface area contributed by atoms with E-state index < -0.39 is 6.04 Å². The molecule has 2 heterocycles. The average Bonchev–Trinajstić information content (AvgIpc) is 2.95. The molecule has 1 aliphatic heterocycles. The van der Waals surface area contributed by atoms with Crippen LogP contribution in [0.2, 0.25) is 0 Å². The van der Waals surface area contributed by atoms with Crippen LogP contribution in [0.1, 0.15) is 41.2 Å². The molecule has 0 saturated heterocycles. The van der Waals surface area contributed by atoms with E-state index in [-0.39, 0.29) is 11.7 Å². The van der Waals surface area contributed by atoms with Crippen LogP contribution in [0.5, 0.6) is 0 Å². The number of fused-ring (bicyclic) bond motifs is 1. The Morgan fingerprint density at radius 3 is 2.57 bits per heavy atom. The first-order valence-corrected chi connectivity index (χ1v) is 10.1. The third-order valence-corrected chi connectivity index (χ3v) is 5.68. The highest BCUT2D eigenvalue weighted by Gasteiger charge is 2.39. The number of Topliss-reactive ketones (excluding diaryl/α,β-unsaturated/α-hetero) is 1. The highest BCUT2D eigenvalue weighted by Crippen LogP contribution is 2.45. The smallest absolute Gasteiger partial charge is 0.259 e. The number of carbonyl (C=O) groups excluding carboxylic acids is 2. The van der Waals surface area contributed by atoms with Crippen LogP contribution in [0.4, 0.5) is 11.4 Å². The maximum Gasteiger partial charge on any atom is 0.259 e. The van der Waals surface area contributed by atoms with Crippen molar-refractivity contribution in [1.82, 2.24) is 4.98 Å². The molecule has 148 valence electrons. The Bertz CT molecular complexity index is 1140. The van der Waals surface area contributed by atoms with Crippen molar-refractivity contribution in [1.29, 1.82) is 0 Å². The third-order valence-electron chi connectivity index (χ3n) is 5.68. The van der Waals surface area contributed by atoms with Gasteiger partial charge in [-0.05, 0) is 48.7 Å². The van der Waals surface area contributed by atoms with E-state index in [9.17, 15) is 9.59 Å². The molecular weight excluding hydrogens is 374 g/mol. The van der Waals surface area contributed by atoms with E-state index in [1.807, 2.05) is 66.7 Å². The van der Waals surface area contributed by atoms with Gasteiger partial charge in [-0.1, -0.05) is 36.4 Å². The van der Waals surface area contributed by atoms with Crippen LogP contribution in [0.15, 0.2) is 90.4 Å². The number of nitrogens with one attached hydrogen (secondary N) is 1. The van der Waals surface area contributed by atoms with E-state index >= 15 is 0 Å². The molecule has 1 aromatic heterocycles. The number of hydrogen-bond donors (Lipinski definition) is 1. The van der Waals surface area contributed by atoms with Crippen LogP contribution in [-0.2, 0) is 4.79 Å². The number of nitrogens with zero attached hydrogens (tertiary/aromatic N) is 2. The highest BCUT2D eigenvalue weighted by molar-refractivity contribution is 6.11. The summed E-state index contributed by atoms with van der Waals surface area (Å²) in [6.45, 7) is 0. The number of amides is 1. The summed E-state index contributed by atoms with van der Waals surface area (Å²) >= 11 is 0. The zero-order chi connectivity index (χ0) is 20.5. The number of aromatic nitrogens is 1. The summed E-state index contributed by atoms with van der Waals surface area (Å²) in [5.41, 5.74) is 4.54. The van der Waals surface area contributed by atoms with Crippen molar-refractivity contribution in [3.63, 3.8) is 0 Å². The molecular formula is C25H21N3O2. The van der Waals surface area contributed by atoms with Gasteiger partial charge >= 0.3 is 0 Å². The number of hydrogen-bond acceptors (Lipinski definition) is 4. The Kier molecular flexibility index (Phi) is 4.64. The van der Waals surface area contributed by atoms with Gasteiger partial charge in [-0.2, -0.15) is 0 Å². The van der Waals surface area contributed by atoms with E-state index in [0.29, 0.717) is 17.6 Å². The molecule has 2 aliphatic rings. The second-order valence-corrected chi connectivity index (χ2v) is 7.54. The minimum Gasteiger partial charge on any atom is -0.357 e. The number of carbonyl (C=O) groups is 2. The first kappa shape index (κ1) is 18.3. The van der Waals surface area contributed by atoms with Crippen molar-refractivity contribution in [3.05, 3.63) is 102 Å². The van der Waals surface area contributed by atoms with E-state index in [1.165, 1.54) is 0 Å². The third kappa shape index (κ3) is 3.08.